The van der Waals surface area contributed by atoms with Gasteiger partial charge in [0.1, 0.15) is 12.3 Å². The fourth-order valence-electron chi connectivity index (χ4n) is 3.41. The summed E-state index contributed by atoms with van der Waals surface area (Å²) in [6.45, 7) is 2.30. The van der Waals surface area contributed by atoms with Gasteiger partial charge in [-0.25, -0.2) is 8.78 Å². The minimum atomic E-state index is -1.25. The molecular formula is C13H23F2P. The Morgan fingerprint density at radius 2 is 1.56 bits per heavy atom. The smallest absolute Gasteiger partial charge is 0.137 e. The lowest BCUT2D eigenvalue weighted by molar-refractivity contribution is 0.0606. The molecule has 2 rings (SSSR count). The lowest BCUT2D eigenvalue weighted by Gasteiger charge is -2.39. The van der Waals surface area contributed by atoms with E-state index in [1.54, 1.807) is 0 Å². The van der Waals surface area contributed by atoms with E-state index in [0.717, 1.165) is 12.3 Å². The Balaban J connectivity index is 1.90. The standard InChI is InChI=1S/C13H23F2P/c1-8-2-4-9(5-3-8)10-6-11(14)13(15)12(16)7-10/h8-13H,2-7,16H2,1H3. The Hall–Kier alpha value is 0.290. The highest BCUT2D eigenvalue weighted by Gasteiger charge is 2.39. The summed E-state index contributed by atoms with van der Waals surface area (Å²) in [7, 11) is 2.50. The molecule has 5 atom stereocenters. The average Bonchev–Trinajstić information content (AvgIpc) is 2.26. The third kappa shape index (κ3) is 2.75. The van der Waals surface area contributed by atoms with Gasteiger partial charge in [-0.3, -0.25) is 0 Å². The van der Waals surface area contributed by atoms with Crippen LogP contribution in [0.1, 0.15) is 45.4 Å². The zero-order chi connectivity index (χ0) is 11.7. The fourth-order valence-corrected chi connectivity index (χ4v) is 4.00. The van der Waals surface area contributed by atoms with E-state index in [1.807, 2.05) is 0 Å². The first kappa shape index (κ1) is 12.7. The Labute approximate surface area is 99.8 Å². The first-order chi connectivity index (χ1) is 7.58. The van der Waals surface area contributed by atoms with E-state index in [1.165, 1.54) is 25.7 Å². The van der Waals surface area contributed by atoms with Crippen LogP contribution in [-0.4, -0.2) is 18.0 Å². The van der Waals surface area contributed by atoms with Crippen molar-refractivity contribution in [3.63, 3.8) is 0 Å². The zero-order valence-corrected chi connectivity index (χ0v) is 11.2. The second-order valence-corrected chi connectivity index (χ2v) is 6.73. The lowest BCUT2D eigenvalue weighted by atomic mass is 9.70. The van der Waals surface area contributed by atoms with Crippen LogP contribution < -0.4 is 0 Å². The van der Waals surface area contributed by atoms with Crippen molar-refractivity contribution in [3.05, 3.63) is 0 Å². The van der Waals surface area contributed by atoms with Crippen LogP contribution in [0.2, 0.25) is 0 Å². The van der Waals surface area contributed by atoms with E-state index in [9.17, 15) is 8.78 Å². The molecule has 0 bridgehead atoms. The number of alkyl halides is 2. The molecule has 0 heterocycles. The van der Waals surface area contributed by atoms with Crippen molar-refractivity contribution in [2.75, 3.05) is 0 Å². The van der Waals surface area contributed by atoms with Gasteiger partial charge in [-0.1, -0.05) is 19.8 Å². The monoisotopic (exact) mass is 248 g/mol. The summed E-state index contributed by atoms with van der Waals surface area (Å²) >= 11 is 0. The minimum absolute atomic E-state index is 0.159. The highest BCUT2D eigenvalue weighted by molar-refractivity contribution is 7.17. The molecule has 0 aliphatic heterocycles. The molecule has 0 radical (unpaired) electrons. The molecule has 2 aliphatic carbocycles. The zero-order valence-electron chi connectivity index (χ0n) is 10.0. The number of hydrogen-bond acceptors (Lipinski definition) is 0. The van der Waals surface area contributed by atoms with E-state index < -0.39 is 12.3 Å². The van der Waals surface area contributed by atoms with E-state index in [0.29, 0.717) is 18.3 Å². The third-order valence-electron chi connectivity index (χ3n) is 4.58. The van der Waals surface area contributed by atoms with Gasteiger partial charge in [-0.05, 0) is 43.4 Å². The Bertz CT molecular complexity index is 214. The van der Waals surface area contributed by atoms with Crippen LogP contribution in [0, 0.1) is 17.8 Å². The van der Waals surface area contributed by atoms with Crippen LogP contribution in [0.5, 0.6) is 0 Å². The van der Waals surface area contributed by atoms with Crippen LogP contribution in [0.15, 0.2) is 0 Å². The van der Waals surface area contributed by atoms with Crippen molar-refractivity contribution in [2.24, 2.45) is 17.8 Å². The predicted molar refractivity (Wildman–Crippen MR) is 67.1 cm³/mol. The van der Waals surface area contributed by atoms with Crippen molar-refractivity contribution in [1.82, 2.24) is 0 Å². The normalized spacial score (nSPS) is 50.2. The van der Waals surface area contributed by atoms with Crippen LogP contribution in [0.25, 0.3) is 0 Å². The van der Waals surface area contributed by atoms with Crippen LogP contribution in [-0.2, 0) is 0 Å². The number of halogens is 2. The molecule has 0 spiro atoms. The molecule has 5 unspecified atom stereocenters. The van der Waals surface area contributed by atoms with Crippen LogP contribution >= 0.6 is 9.24 Å². The quantitative estimate of drug-likeness (QED) is 0.612. The summed E-state index contributed by atoms with van der Waals surface area (Å²) in [6.07, 6.45) is 3.87. The first-order valence-corrected chi connectivity index (χ1v) is 7.28. The fraction of sp³-hybridized carbons (Fsp3) is 1.00. The molecule has 3 heteroatoms. The van der Waals surface area contributed by atoms with E-state index in [4.69, 9.17) is 0 Å². The largest absolute Gasteiger partial charge is 0.244 e. The number of rotatable bonds is 1. The SMILES string of the molecule is CC1CCC(C2CC(F)C(F)C(P)C2)CC1. The average molecular weight is 248 g/mol. The molecule has 0 aromatic carbocycles. The maximum atomic E-state index is 13.5. The molecule has 0 aromatic rings. The van der Waals surface area contributed by atoms with Crippen molar-refractivity contribution in [2.45, 2.75) is 63.5 Å². The van der Waals surface area contributed by atoms with E-state index in [-0.39, 0.29) is 5.66 Å². The van der Waals surface area contributed by atoms with Crippen molar-refractivity contribution < 1.29 is 8.78 Å². The molecule has 16 heavy (non-hydrogen) atoms. The van der Waals surface area contributed by atoms with Crippen molar-refractivity contribution in [3.8, 4) is 0 Å². The summed E-state index contributed by atoms with van der Waals surface area (Å²) in [5, 5.41) is 0. The molecule has 94 valence electrons. The molecule has 0 N–H and O–H groups in total. The summed E-state index contributed by atoms with van der Waals surface area (Å²) < 4.78 is 26.9. The maximum absolute atomic E-state index is 13.5. The second-order valence-electron chi connectivity index (χ2n) is 5.88. The van der Waals surface area contributed by atoms with Crippen LogP contribution in [0.3, 0.4) is 0 Å². The summed E-state index contributed by atoms with van der Waals surface area (Å²) in [6, 6.07) is 0. The third-order valence-corrected chi connectivity index (χ3v) is 5.22. The lowest BCUT2D eigenvalue weighted by Crippen LogP contribution is -2.39. The van der Waals surface area contributed by atoms with Gasteiger partial charge in [0, 0.05) is 5.66 Å². The summed E-state index contributed by atoms with van der Waals surface area (Å²) in [5.41, 5.74) is -0.159. The van der Waals surface area contributed by atoms with Crippen molar-refractivity contribution >= 4 is 9.24 Å². The first-order valence-electron chi connectivity index (χ1n) is 6.61. The molecule has 2 saturated carbocycles. The van der Waals surface area contributed by atoms with Crippen molar-refractivity contribution in [1.29, 1.82) is 0 Å². The number of hydrogen-bond donors (Lipinski definition) is 0. The van der Waals surface area contributed by atoms with Gasteiger partial charge in [-0.2, -0.15) is 0 Å². The van der Waals surface area contributed by atoms with Gasteiger partial charge in [0.05, 0.1) is 0 Å². The van der Waals surface area contributed by atoms with Gasteiger partial charge >= 0.3 is 0 Å². The van der Waals surface area contributed by atoms with Gasteiger partial charge in [0.2, 0.25) is 0 Å². The molecule has 0 aromatic heterocycles. The molecule has 2 aliphatic rings. The molecule has 2 fully saturated rings. The second kappa shape index (κ2) is 5.29. The highest BCUT2D eigenvalue weighted by Crippen LogP contribution is 2.43. The maximum Gasteiger partial charge on any atom is 0.137 e. The minimum Gasteiger partial charge on any atom is -0.244 e. The van der Waals surface area contributed by atoms with E-state index in [2.05, 4.69) is 16.2 Å². The highest BCUT2D eigenvalue weighted by atomic mass is 31.0. The summed E-state index contributed by atoms with van der Waals surface area (Å²) in [4.78, 5) is 0. The van der Waals surface area contributed by atoms with Gasteiger partial charge in [0.25, 0.3) is 0 Å². The van der Waals surface area contributed by atoms with Crippen LogP contribution in [0.4, 0.5) is 8.78 Å². The molecule has 0 amide bonds. The Morgan fingerprint density at radius 3 is 2.12 bits per heavy atom. The predicted octanol–water partition coefficient (Wildman–Crippen LogP) is 4.14. The molecule has 0 nitrogen and oxygen atoms in total. The van der Waals surface area contributed by atoms with Gasteiger partial charge in [-0.15, -0.1) is 9.24 Å². The van der Waals surface area contributed by atoms with E-state index >= 15 is 0 Å². The summed E-state index contributed by atoms with van der Waals surface area (Å²) in [5.74, 6) is 1.92. The van der Waals surface area contributed by atoms with Gasteiger partial charge in [0.15, 0.2) is 0 Å². The Morgan fingerprint density at radius 1 is 0.938 bits per heavy atom. The molecular weight excluding hydrogens is 225 g/mol. The topological polar surface area (TPSA) is 0 Å². The van der Waals surface area contributed by atoms with Gasteiger partial charge < -0.3 is 0 Å². The Kier molecular flexibility index (Phi) is 4.21. The molecule has 0 saturated heterocycles.